The Bertz CT molecular complexity index is 871. The fraction of sp³-hybridized carbons (Fsp3) is 0.250. The molecule has 0 spiro atoms. The van der Waals surface area contributed by atoms with E-state index in [2.05, 4.69) is 16.7 Å². The van der Waals surface area contributed by atoms with Crippen LogP contribution in [0.5, 0.6) is 0 Å². The van der Waals surface area contributed by atoms with Crippen molar-refractivity contribution in [2.45, 2.75) is 13.0 Å². The lowest BCUT2D eigenvalue weighted by Gasteiger charge is -2.29. The van der Waals surface area contributed by atoms with Crippen molar-refractivity contribution in [1.29, 1.82) is 5.41 Å². The van der Waals surface area contributed by atoms with Crippen LogP contribution in [0, 0.1) is 5.41 Å². The van der Waals surface area contributed by atoms with Crippen LogP contribution in [-0.4, -0.2) is 42.2 Å². The maximum absolute atomic E-state index is 12.4. The van der Waals surface area contributed by atoms with Crippen molar-refractivity contribution in [1.82, 2.24) is 10.2 Å². The molecule has 2 aromatic carbocycles. The quantitative estimate of drug-likeness (QED) is 0.434. The topological polar surface area (TPSA) is 111 Å². The Labute approximate surface area is 170 Å². The number of carbonyl (C=O) groups is 2. The molecule has 2 aromatic rings. The molecule has 1 aliphatic rings. The minimum atomic E-state index is -0.269. The van der Waals surface area contributed by atoms with E-state index in [0.29, 0.717) is 24.3 Å². The van der Waals surface area contributed by atoms with Gasteiger partial charge in [-0.3, -0.25) is 15.0 Å². The molecule has 1 aliphatic heterocycles. The van der Waals surface area contributed by atoms with Gasteiger partial charge in [0.15, 0.2) is 0 Å². The Kier molecular flexibility index (Phi) is 7.40. The van der Waals surface area contributed by atoms with Crippen LogP contribution in [-0.2, 0) is 22.6 Å². The highest BCUT2D eigenvalue weighted by molar-refractivity contribution is 5.96. The third-order valence-electron chi connectivity index (χ3n) is 4.55. The van der Waals surface area contributed by atoms with Crippen molar-refractivity contribution in [3.05, 3.63) is 65.2 Å². The fourth-order valence-corrected chi connectivity index (χ4v) is 3.04. The molecular formula is C20H24ClN5O2. The monoisotopic (exact) mass is 401 g/mol. The zero-order chi connectivity index (χ0) is 19.2. The van der Waals surface area contributed by atoms with E-state index in [1.807, 2.05) is 18.2 Å². The number of nitrogens with one attached hydrogen (secondary N) is 3. The van der Waals surface area contributed by atoms with Gasteiger partial charge in [0.1, 0.15) is 5.84 Å². The summed E-state index contributed by atoms with van der Waals surface area (Å²) in [6, 6.07) is 15.1. The minimum Gasteiger partial charge on any atom is -0.384 e. The largest absolute Gasteiger partial charge is 0.384 e. The number of amidine groups is 1. The van der Waals surface area contributed by atoms with Crippen LogP contribution in [0.15, 0.2) is 48.5 Å². The number of amides is 2. The molecule has 0 saturated carbocycles. The molecule has 8 heteroatoms. The Morgan fingerprint density at radius 1 is 1.07 bits per heavy atom. The summed E-state index contributed by atoms with van der Waals surface area (Å²) in [5, 5.41) is 13.1. The summed E-state index contributed by atoms with van der Waals surface area (Å²) in [6.45, 7) is 1.27. The highest BCUT2D eigenvalue weighted by Crippen LogP contribution is 2.18. The molecular weight excluding hydrogens is 378 g/mol. The van der Waals surface area contributed by atoms with Gasteiger partial charge in [0.2, 0.25) is 11.8 Å². The average Bonchev–Trinajstić information content (AvgIpc) is 2.70. The van der Waals surface area contributed by atoms with Crippen molar-refractivity contribution in [3.8, 4) is 0 Å². The number of hydrogen-bond donors (Lipinski definition) is 4. The van der Waals surface area contributed by atoms with Crippen LogP contribution in [0.3, 0.4) is 0 Å². The zero-order valence-electron chi connectivity index (χ0n) is 15.4. The number of fused-ring (bicyclic) bond motifs is 1. The number of nitrogens with zero attached hydrogens (tertiary/aromatic N) is 1. The van der Waals surface area contributed by atoms with E-state index in [1.54, 1.807) is 29.2 Å². The van der Waals surface area contributed by atoms with E-state index in [4.69, 9.17) is 11.1 Å². The second kappa shape index (κ2) is 9.75. The van der Waals surface area contributed by atoms with Crippen LogP contribution >= 0.6 is 12.4 Å². The van der Waals surface area contributed by atoms with Gasteiger partial charge in [-0.05, 0) is 29.7 Å². The van der Waals surface area contributed by atoms with E-state index in [0.717, 1.165) is 12.0 Å². The van der Waals surface area contributed by atoms with Gasteiger partial charge in [-0.1, -0.05) is 36.4 Å². The summed E-state index contributed by atoms with van der Waals surface area (Å²) < 4.78 is 0. The summed E-state index contributed by atoms with van der Waals surface area (Å²) >= 11 is 0. The second-order valence-corrected chi connectivity index (χ2v) is 6.46. The first kappa shape index (κ1) is 21.2. The highest BCUT2D eigenvalue weighted by atomic mass is 35.5. The lowest BCUT2D eigenvalue weighted by Crippen LogP contribution is -2.43. The Morgan fingerprint density at radius 2 is 1.82 bits per heavy atom. The maximum atomic E-state index is 12.4. The fourth-order valence-electron chi connectivity index (χ4n) is 3.04. The van der Waals surface area contributed by atoms with Crippen molar-refractivity contribution in [3.63, 3.8) is 0 Å². The van der Waals surface area contributed by atoms with Gasteiger partial charge in [0, 0.05) is 24.3 Å². The number of nitrogen functional groups attached to an aromatic ring is 1. The molecule has 1 heterocycles. The van der Waals surface area contributed by atoms with Gasteiger partial charge in [0.25, 0.3) is 0 Å². The Hall–Kier alpha value is -3.06. The molecule has 0 bridgehead atoms. The summed E-state index contributed by atoms with van der Waals surface area (Å²) in [6.07, 6.45) is 0.837. The van der Waals surface area contributed by atoms with Crippen molar-refractivity contribution >= 4 is 35.7 Å². The predicted octanol–water partition coefficient (Wildman–Crippen LogP) is 1.51. The lowest BCUT2D eigenvalue weighted by molar-refractivity contribution is -0.133. The zero-order valence-corrected chi connectivity index (χ0v) is 16.2. The Morgan fingerprint density at radius 3 is 2.57 bits per heavy atom. The van der Waals surface area contributed by atoms with Crippen LogP contribution in [0.25, 0.3) is 0 Å². The molecule has 28 heavy (non-hydrogen) atoms. The number of anilines is 1. The van der Waals surface area contributed by atoms with Crippen molar-refractivity contribution in [2.24, 2.45) is 5.73 Å². The predicted molar refractivity (Wildman–Crippen MR) is 112 cm³/mol. The normalized spacial score (nSPS) is 12.4. The molecule has 3 rings (SSSR count). The molecule has 2 amide bonds. The van der Waals surface area contributed by atoms with Crippen LogP contribution < -0.4 is 16.4 Å². The van der Waals surface area contributed by atoms with E-state index in [-0.39, 0.29) is 43.1 Å². The number of carbonyl (C=O) groups excluding carboxylic acids is 2. The Balaban J connectivity index is 0.00000280. The standard InChI is InChI=1S/C20H23N5O2.ClH/c21-20(22)15-6-3-7-17(10-15)23-11-18(26)24-12-19(27)25-9-8-14-4-1-2-5-16(14)13-25;/h1-7,10,23H,8-9,11-13H2,(H3,21,22)(H,24,26);1H. The van der Waals surface area contributed by atoms with Gasteiger partial charge in [-0.25, -0.2) is 0 Å². The summed E-state index contributed by atoms with van der Waals surface area (Å²) in [7, 11) is 0. The molecule has 7 nitrogen and oxygen atoms in total. The van der Waals surface area contributed by atoms with Crippen molar-refractivity contribution < 1.29 is 9.59 Å². The molecule has 0 atom stereocenters. The number of hydrogen-bond acceptors (Lipinski definition) is 4. The SMILES string of the molecule is Cl.N=C(N)c1cccc(NCC(=O)NCC(=O)N2CCc3ccccc3C2)c1. The van der Waals surface area contributed by atoms with Gasteiger partial charge in [-0.2, -0.15) is 0 Å². The van der Waals surface area contributed by atoms with Crippen LogP contribution in [0.1, 0.15) is 16.7 Å². The molecule has 0 aliphatic carbocycles. The summed E-state index contributed by atoms with van der Waals surface area (Å²) in [4.78, 5) is 26.1. The maximum Gasteiger partial charge on any atom is 0.242 e. The minimum absolute atomic E-state index is 0. The third-order valence-corrected chi connectivity index (χ3v) is 4.55. The first-order valence-corrected chi connectivity index (χ1v) is 8.82. The number of benzene rings is 2. The van der Waals surface area contributed by atoms with Gasteiger partial charge < -0.3 is 21.3 Å². The number of rotatable bonds is 6. The molecule has 0 aromatic heterocycles. The van der Waals surface area contributed by atoms with E-state index < -0.39 is 0 Å². The van der Waals surface area contributed by atoms with Gasteiger partial charge in [-0.15, -0.1) is 12.4 Å². The van der Waals surface area contributed by atoms with Crippen LogP contribution in [0.4, 0.5) is 5.69 Å². The molecule has 0 saturated heterocycles. The first-order chi connectivity index (χ1) is 13.0. The molecule has 5 N–H and O–H groups in total. The third kappa shape index (κ3) is 5.47. The van der Waals surface area contributed by atoms with Gasteiger partial charge in [0.05, 0.1) is 13.1 Å². The van der Waals surface area contributed by atoms with E-state index in [9.17, 15) is 9.59 Å². The molecule has 0 radical (unpaired) electrons. The lowest BCUT2D eigenvalue weighted by atomic mass is 10.00. The summed E-state index contributed by atoms with van der Waals surface area (Å²) in [5.41, 5.74) is 9.17. The number of nitrogens with two attached hydrogens (primary N) is 1. The first-order valence-electron chi connectivity index (χ1n) is 8.82. The van der Waals surface area contributed by atoms with E-state index in [1.165, 1.54) is 5.56 Å². The summed E-state index contributed by atoms with van der Waals surface area (Å²) in [5.74, 6) is -0.387. The van der Waals surface area contributed by atoms with E-state index >= 15 is 0 Å². The second-order valence-electron chi connectivity index (χ2n) is 6.46. The molecule has 0 fully saturated rings. The van der Waals surface area contributed by atoms with Crippen molar-refractivity contribution in [2.75, 3.05) is 25.0 Å². The molecule has 0 unspecified atom stereocenters. The van der Waals surface area contributed by atoms with Gasteiger partial charge >= 0.3 is 0 Å². The van der Waals surface area contributed by atoms with Crippen LogP contribution in [0.2, 0.25) is 0 Å². The number of halogens is 1. The highest BCUT2D eigenvalue weighted by Gasteiger charge is 2.20. The smallest absolute Gasteiger partial charge is 0.242 e. The average molecular weight is 402 g/mol. The molecule has 148 valence electrons.